The fraction of sp³-hybridized carbons (Fsp3) is 0.865. The number of nitrogens with one attached hydrogen (secondary N) is 1. The highest BCUT2D eigenvalue weighted by molar-refractivity contribution is 7.45. The molecule has 46 heavy (non-hydrogen) atoms. The van der Waals surface area contributed by atoms with Gasteiger partial charge in [-0.15, -0.1) is 0 Å². The second-order valence-corrected chi connectivity index (χ2v) is 15.3. The molecule has 0 aromatic carbocycles. The molecule has 0 aromatic rings. The molecule has 2 N–H and O–H groups in total. The Labute approximate surface area is 284 Å². The normalized spacial score (nSPS) is 15.0. The van der Waals surface area contributed by atoms with Gasteiger partial charge in [-0.2, -0.15) is 0 Å². The fourth-order valence-electron chi connectivity index (χ4n) is 5.13. The van der Waals surface area contributed by atoms with Gasteiger partial charge in [0.2, 0.25) is 5.91 Å². The summed E-state index contributed by atoms with van der Waals surface area (Å²) in [5.41, 5.74) is 0. The maximum atomic E-state index is 12.7. The van der Waals surface area contributed by atoms with E-state index in [1.54, 1.807) is 0 Å². The number of carbonyl (C=O) groups is 1. The lowest BCUT2D eigenvalue weighted by molar-refractivity contribution is -0.870. The topological polar surface area (TPSA) is 108 Å². The summed E-state index contributed by atoms with van der Waals surface area (Å²) in [5, 5.41) is 13.6. The highest BCUT2D eigenvalue weighted by atomic mass is 31.2. The van der Waals surface area contributed by atoms with E-state index in [9.17, 15) is 19.4 Å². The third-order valence-corrected chi connectivity index (χ3v) is 9.16. The summed E-state index contributed by atoms with van der Waals surface area (Å²) >= 11 is 0. The number of aliphatic hydroxyl groups is 1. The molecule has 0 aromatic heterocycles. The quantitative estimate of drug-likeness (QED) is 0.0312. The monoisotopic (exact) mass is 673 g/mol. The molecule has 0 spiro atoms. The first-order valence-electron chi connectivity index (χ1n) is 18.7. The Morgan fingerprint density at radius 3 is 1.85 bits per heavy atom. The Balaban J connectivity index is 4.20. The van der Waals surface area contributed by atoms with E-state index < -0.39 is 20.0 Å². The van der Waals surface area contributed by atoms with Crippen molar-refractivity contribution >= 4 is 13.7 Å². The van der Waals surface area contributed by atoms with E-state index in [4.69, 9.17) is 9.05 Å². The van der Waals surface area contributed by atoms with Gasteiger partial charge >= 0.3 is 0 Å². The SMILES string of the molecule is CCCCC/C=C\C/C=C\CCCCCCCCCCCC(=O)NC(COP(=O)([O-])OCC[N+](C)(C)C)C(O)CCCCCCC. The maximum absolute atomic E-state index is 12.7. The van der Waals surface area contributed by atoms with Crippen LogP contribution in [0.4, 0.5) is 0 Å². The highest BCUT2D eigenvalue weighted by Crippen LogP contribution is 2.38. The van der Waals surface area contributed by atoms with Crippen LogP contribution in [0.15, 0.2) is 24.3 Å². The smallest absolute Gasteiger partial charge is 0.268 e. The second-order valence-electron chi connectivity index (χ2n) is 13.9. The number of aliphatic hydroxyl groups excluding tert-OH is 1. The number of nitrogens with zero attached hydrogens (tertiary/aromatic N) is 1. The van der Waals surface area contributed by atoms with Crippen LogP contribution in [-0.4, -0.2) is 68.5 Å². The fourth-order valence-corrected chi connectivity index (χ4v) is 5.85. The van der Waals surface area contributed by atoms with Crippen molar-refractivity contribution in [1.29, 1.82) is 0 Å². The predicted octanol–water partition coefficient (Wildman–Crippen LogP) is 8.77. The summed E-state index contributed by atoms with van der Waals surface area (Å²) in [6.45, 7) is 4.58. The van der Waals surface area contributed by atoms with Crippen LogP contribution in [0.2, 0.25) is 0 Å². The molecule has 0 bridgehead atoms. The van der Waals surface area contributed by atoms with E-state index in [1.807, 2.05) is 21.1 Å². The number of hydrogen-bond acceptors (Lipinski definition) is 6. The molecule has 3 unspecified atom stereocenters. The first-order valence-corrected chi connectivity index (χ1v) is 20.1. The number of phosphoric ester groups is 1. The minimum Gasteiger partial charge on any atom is -0.756 e. The van der Waals surface area contributed by atoms with Gasteiger partial charge in [0.1, 0.15) is 13.2 Å². The highest BCUT2D eigenvalue weighted by Gasteiger charge is 2.24. The summed E-state index contributed by atoms with van der Waals surface area (Å²) in [4.78, 5) is 25.0. The molecule has 3 atom stereocenters. The number of carbonyl (C=O) groups excluding carboxylic acids is 1. The molecule has 0 fully saturated rings. The standard InChI is InChI=1S/C37H73N2O6P/c1-6-8-10-12-13-14-15-16-17-18-19-20-21-22-23-24-25-27-29-31-37(41)38-35(36(40)30-28-26-11-9-7-2)34-45-46(42,43)44-33-32-39(3,4)5/h13-14,16-17,35-36,40H,6-12,15,18-34H2,1-5H3,(H-,38,41,42,43)/b14-13-,17-16-. The van der Waals surface area contributed by atoms with Crippen molar-refractivity contribution in [2.75, 3.05) is 40.9 Å². The summed E-state index contributed by atoms with van der Waals surface area (Å²) in [6, 6.07) is -0.796. The molecule has 0 radical (unpaired) electrons. The van der Waals surface area contributed by atoms with Gasteiger partial charge in [0.15, 0.2) is 0 Å². The van der Waals surface area contributed by atoms with Crippen molar-refractivity contribution in [3.05, 3.63) is 24.3 Å². The van der Waals surface area contributed by atoms with Crippen molar-refractivity contribution in [3.8, 4) is 0 Å². The van der Waals surface area contributed by atoms with Crippen LogP contribution in [0.5, 0.6) is 0 Å². The molecular weight excluding hydrogens is 599 g/mol. The van der Waals surface area contributed by atoms with Crippen LogP contribution >= 0.6 is 7.82 Å². The van der Waals surface area contributed by atoms with Crippen molar-refractivity contribution in [2.45, 2.75) is 167 Å². The average molecular weight is 673 g/mol. The van der Waals surface area contributed by atoms with Gasteiger partial charge in [-0.1, -0.05) is 128 Å². The van der Waals surface area contributed by atoms with E-state index in [-0.39, 0.29) is 19.1 Å². The van der Waals surface area contributed by atoms with Crippen LogP contribution in [-0.2, 0) is 18.4 Å². The lowest BCUT2D eigenvalue weighted by atomic mass is 10.0. The minimum absolute atomic E-state index is 0.0104. The first-order chi connectivity index (χ1) is 22.0. The van der Waals surface area contributed by atoms with Gasteiger partial charge < -0.3 is 28.8 Å². The Morgan fingerprint density at radius 1 is 0.761 bits per heavy atom. The number of amides is 1. The predicted molar refractivity (Wildman–Crippen MR) is 192 cm³/mol. The zero-order chi connectivity index (χ0) is 34.4. The Hall–Kier alpha value is -1.02. The Kier molecular flexibility index (Phi) is 29.4. The van der Waals surface area contributed by atoms with Gasteiger partial charge in [-0.05, 0) is 44.9 Å². The lowest BCUT2D eigenvalue weighted by Crippen LogP contribution is -2.46. The minimum atomic E-state index is -4.54. The average Bonchev–Trinajstić information content (AvgIpc) is 2.99. The largest absolute Gasteiger partial charge is 0.756 e. The number of allylic oxidation sites excluding steroid dienone is 4. The zero-order valence-corrected chi connectivity index (χ0v) is 31.4. The third kappa shape index (κ3) is 31.6. The van der Waals surface area contributed by atoms with E-state index in [0.29, 0.717) is 23.9 Å². The van der Waals surface area contributed by atoms with Crippen LogP contribution in [0.25, 0.3) is 0 Å². The molecule has 0 aliphatic rings. The molecule has 9 heteroatoms. The van der Waals surface area contributed by atoms with Crippen LogP contribution < -0.4 is 10.2 Å². The molecule has 1 amide bonds. The van der Waals surface area contributed by atoms with Gasteiger partial charge in [0.25, 0.3) is 7.82 Å². The molecule has 272 valence electrons. The van der Waals surface area contributed by atoms with E-state index in [1.165, 1.54) is 70.6 Å². The molecule has 8 nitrogen and oxygen atoms in total. The number of quaternary nitrogens is 1. The Bertz CT molecular complexity index is 814. The van der Waals surface area contributed by atoms with Crippen molar-refractivity contribution in [1.82, 2.24) is 5.32 Å². The van der Waals surface area contributed by atoms with Gasteiger partial charge in [-0.3, -0.25) is 9.36 Å². The number of rotatable bonds is 33. The Morgan fingerprint density at radius 2 is 1.26 bits per heavy atom. The molecular formula is C37H73N2O6P. The van der Waals surface area contributed by atoms with Crippen LogP contribution in [0, 0.1) is 0 Å². The number of likely N-dealkylation sites (N-methyl/N-ethyl adjacent to an activating group) is 1. The van der Waals surface area contributed by atoms with E-state index in [2.05, 4.69) is 43.5 Å². The van der Waals surface area contributed by atoms with Crippen LogP contribution in [0.1, 0.15) is 155 Å². The first kappa shape index (κ1) is 45.0. The number of phosphoric acid groups is 1. The maximum Gasteiger partial charge on any atom is 0.268 e. The number of unbranched alkanes of at least 4 members (excludes halogenated alkanes) is 16. The molecule has 0 saturated heterocycles. The van der Waals surface area contributed by atoms with E-state index >= 15 is 0 Å². The summed E-state index contributed by atoms with van der Waals surface area (Å²) < 4.78 is 23.0. The lowest BCUT2D eigenvalue weighted by Gasteiger charge is -2.30. The van der Waals surface area contributed by atoms with E-state index in [0.717, 1.165) is 57.8 Å². The molecule has 0 aliphatic carbocycles. The third-order valence-electron chi connectivity index (χ3n) is 8.19. The molecule has 0 saturated carbocycles. The zero-order valence-electron chi connectivity index (χ0n) is 30.5. The molecule has 0 heterocycles. The van der Waals surface area contributed by atoms with Gasteiger partial charge in [-0.25, -0.2) is 0 Å². The summed E-state index contributed by atoms with van der Waals surface area (Å²) in [6.07, 6.45) is 32.1. The van der Waals surface area contributed by atoms with Crippen LogP contribution in [0.3, 0.4) is 0 Å². The summed E-state index contributed by atoms with van der Waals surface area (Å²) in [7, 11) is 1.29. The van der Waals surface area contributed by atoms with Gasteiger partial charge in [0, 0.05) is 6.42 Å². The van der Waals surface area contributed by atoms with Crippen molar-refractivity contribution in [2.24, 2.45) is 0 Å². The number of hydrogen-bond donors (Lipinski definition) is 2. The summed E-state index contributed by atoms with van der Waals surface area (Å²) in [5.74, 6) is -0.178. The second kappa shape index (κ2) is 30.1. The van der Waals surface area contributed by atoms with Crippen molar-refractivity contribution < 1.29 is 32.9 Å². The van der Waals surface area contributed by atoms with Gasteiger partial charge in [0.05, 0.1) is 39.9 Å². The molecule has 0 aliphatic heterocycles. The van der Waals surface area contributed by atoms with Crippen molar-refractivity contribution in [3.63, 3.8) is 0 Å². The molecule has 0 rings (SSSR count).